The van der Waals surface area contributed by atoms with Crippen molar-refractivity contribution >= 4 is 15.8 Å². The molecular formula is C11H14O5S. The van der Waals surface area contributed by atoms with Gasteiger partial charge >= 0.3 is 5.97 Å². The van der Waals surface area contributed by atoms with Gasteiger partial charge in [0.2, 0.25) is 0 Å². The number of benzene rings is 1. The van der Waals surface area contributed by atoms with E-state index in [1.54, 1.807) is 6.92 Å². The summed E-state index contributed by atoms with van der Waals surface area (Å²) in [4.78, 5) is 10.5. The molecule has 17 heavy (non-hydrogen) atoms. The topological polar surface area (TPSA) is 80.7 Å². The number of rotatable bonds is 6. The van der Waals surface area contributed by atoms with Crippen molar-refractivity contribution in [3.8, 4) is 5.75 Å². The van der Waals surface area contributed by atoms with Crippen molar-refractivity contribution in [1.29, 1.82) is 0 Å². The summed E-state index contributed by atoms with van der Waals surface area (Å²) >= 11 is 0. The second kappa shape index (κ2) is 5.67. The van der Waals surface area contributed by atoms with E-state index < -0.39 is 22.4 Å². The van der Waals surface area contributed by atoms with E-state index in [0.29, 0.717) is 12.2 Å². The van der Waals surface area contributed by atoms with Gasteiger partial charge in [-0.3, -0.25) is 0 Å². The smallest absolute Gasteiger partial charge is 0.341 e. The Hall–Kier alpha value is -1.56. The Labute approximate surface area is 100.0 Å². The molecule has 0 spiro atoms. The van der Waals surface area contributed by atoms with E-state index in [-0.39, 0.29) is 10.6 Å². The Morgan fingerprint density at radius 3 is 2.35 bits per heavy atom. The molecule has 6 heteroatoms. The maximum atomic E-state index is 11.7. The van der Waals surface area contributed by atoms with Crippen LogP contribution in [-0.2, 0) is 14.6 Å². The van der Waals surface area contributed by atoms with Gasteiger partial charge in [-0.1, -0.05) is 6.92 Å². The molecule has 0 bridgehead atoms. The number of hydrogen-bond donors (Lipinski definition) is 1. The molecule has 0 aromatic heterocycles. The van der Waals surface area contributed by atoms with Crippen LogP contribution in [0.25, 0.3) is 0 Å². The highest BCUT2D eigenvalue weighted by Crippen LogP contribution is 2.17. The van der Waals surface area contributed by atoms with Gasteiger partial charge in [0.05, 0.1) is 10.6 Å². The van der Waals surface area contributed by atoms with Gasteiger partial charge in [-0.2, -0.15) is 0 Å². The number of carboxylic acids is 1. The molecule has 1 rings (SSSR count). The molecule has 94 valence electrons. The number of carboxylic acid groups (broad SMARTS) is 1. The first-order chi connectivity index (χ1) is 7.95. The van der Waals surface area contributed by atoms with Gasteiger partial charge in [0.25, 0.3) is 0 Å². The predicted octanol–water partition coefficient (Wildman–Crippen LogP) is 1.33. The van der Waals surface area contributed by atoms with E-state index in [4.69, 9.17) is 9.84 Å². The molecule has 1 aromatic carbocycles. The highest BCUT2D eigenvalue weighted by Gasteiger charge is 2.12. The molecule has 0 amide bonds. The zero-order valence-corrected chi connectivity index (χ0v) is 10.2. The van der Waals surface area contributed by atoms with Crippen molar-refractivity contribution in [3.05, 3.63) is 24.3 Å². The van der Waals surface area contributed by atoms with Crippen molar-refractivity contribution < 1.29 is 23.1 Å². The fraction of sp³-hybridized carbons (Fsp3) is 0.364. The molecule has 1 aromatic rings. The first kappa shape index (κ1) is 13.5. The third kappa shape index (κ3) is 4.07. The van der Waals surface area contributed by atoms with E-state index >= 15 is 0 Å². The zero-order chi connectivity index (χ0) is 12.9. The second-order valence-electron chi connectivity index (χ2n) is 3.47. The molecule has 0 fully saturated rings. The van der Waals surface area contributed by atoms with E-state index in [2.05, 4.69) is 0 Å². The van der Waals surface area contributed by atoms with Crippen LogP contribution in [-0.4, -0.2) is 31.9 Å². The minimum atomic E-state index is -3.23. The van der Waals surface area contributed by atoms with E-state index in [1.807, 2.05) is 0 Å². The van der Waals surface area contributed by atoms with E-state index in [0.717, 1.165) is 0 Å². The lowest BCUT2D eigenvalue weighted by atomic mass is 10.3. The molecule has 0 aliphatic carbocycles. The minimum Gasteiger partial charge on any atom is -0.482 e. The van der Waals surface area contributed by atoms with Gasteiger partial charge < -0.3 is 9.84 Å². The van der Waals surface area contributed by atoms with Crippen molar-refractivity contribution in [2.45, 2.75) is 18.2 Å². The molecule has 0 saturated heterocycles. The van der Waals surface area contributed by atoms with Crippen molar-refractivity contribution in [2.24, 2.45) is 0 Å². The second-order valence-corrected chi connectivity index (χ2v) is 5.58. The fourth-order valence-electron chi connectivity index (χ4n) is 1.27. The van der Waals surface area contributed by atoms with Gasteiger partial charge in [0, 0.05) is 0 Å². The Morgan fingerprint density at radius 2 is 1.88 bits per heavy atom. The largest absolute Gasteiger partial charge is 0.482 e. The first-order valence-corrected chi connectivity index (χ1v) is 6.78. The standard InChI is InChI=1S/C11H14O5S/c1-2-7-17(14,15)10-5-3-9(4-6-10)16-8-11(12)13/h3-6H,2,7-8H2,1H3,(H,12,13). The molecule has 0 heterocycles. The van der Waals surface area contributed by atoms with Crippen LogP contribution < -0.4 is 4.74 Å². The number of hydrogen-bond acceptors (Lipinski definition) is 4. The van der Waals surface area contributed by atoms with Gasteiger partial charge in [-0.15, -0.1) is 0 Å². The molecule has 0 radical (unpaired) electrons. The molecule has 0 atom stereocenters. The van der Waals surface area contributed by atoms with Crippen LogP contribution in [0.1, 0.15) is 13.3 Å². The van der Waals surface area contributed by atoms with Crippen LogP contribution in [0.3, 0.4) is 0 Å². The lowest BCUT2D eigenvalue weighted by molar-refractivity contribution is -0.139. The summed E-state index contributed by atoms with van der Waals surface area (Å²) in [6.45, 7) is 1.35. The Balaban J connectivity index is 2.78. The maximum Gasteiger partial charge on any atom is 0.341 e. The average Bonchev–Trinajstić information content (AvgIpc) is 2.27. The third-order valence-corrected chi connectivity index (χ3v) is 3.95. The molecule has 5 nitrogen and oxygen atoms in total. The highest BCUT2D eigenvalue weighted by atomic mass is 32.2. The average molecular weight is 258 g/mol. The summed E-state index contributed by atoms with van der Waals surface area (Å²) < 4.78 is 28.2. The summed E-state index contributed by atoms with van der Waals surface area (Å²) in [5.41, 5.74) is 0. The lowest BCUT2D eigenvalue weighted by Crippen LogP contribution is -2.10. The monoisotopic (exact) mass is 258 g/mol. The predicted molar refractivity (Wildman–Crippen MR) is 61.9 cm³/mol. The quantitative estimate of drug-likeness (QED) is 0.832. The van der Waals surface area contributed by atoms with Crippen LogP contribution in [0.2, 0.25) is 0 Å². The van der Waals surface area contributed by atoms with Gasteiger partial charge in [0.15, 0.2) is 16.4 Å². The summed E-state index contributed by atoms with van der Waals surface area (Å²) in [6.07, 6.45) is 0.555. The van der Waals surface area contributed by atoms with Gasteiger partial charge in [0.1, 0.15) is 5.75 Å². The SMILES string of the molecule is CCCS(=O)(=O)c1ccc(OCC(=O)O)cc1. The van der Waals surface area contributed by atoms with Crippen molar-refractivity contribution in [2.75, 3.05) is 12.4 Å². The zero-order valence-electron chi connectivity index (χ0n) is 9.42. The van der Waals surface area contributed by atoms with Crippen LogP contribution in [0.15, 0.2) is 29.2 Å². The molecule has 0 saturated carbocycles. The molecule has 1 N–H and O–H groups in total. The Kier molecular flexibility index (Phi) is 4.51. The van der Waals surface area contributed by atoms with Crippen molar-refractivity contribution in [3.63, 3.8) is 0 Å². The third-order valence-electron chi connectivity index (χ3n) is 2.02. The lowest BCUT2D eigenvalue weighted by Gasteiger charge is -2.05. The summed E-state index contributed by atoms with van der Waals surface area (Å²) in [5.74, 6) is -0.641. The molecule has 0 aliphatic rings. The maximum absolute atomic E-state index is 11.7. The van der Waals surface area contributed by atoms with E-state index in [9.17, 15) is 13.2 Å². The minimum absolute atomic E-state index is 0.0995. The number of aliphatic carboxylic acids is 1. The van der Waals surface area contributed by atoms with Crippen LogP contribution in [0.4, 0.5) is 0 Å². The summed E-state index contributed by atoms with van der Waals surface area (Å²) in [6, 6.07) is 5.74. The summed E-state index contributed by atoms with van der Waals surface area (Å²) in [5, 5.41) is 8.41. The van der Waals surface area contributed by atoms with Gasteiger partial charge in [-0.25, -0.2) is 13.2 Å². The van der Waals surface area contributed by atoms with Crippen LogP contribution in [0.5, 0.6) is 5.75 Å². The molecule has 0 unspecified atom stereocenters. The highest BCUT2D eigenvalue weighted by molar-refractivity contribution is 7.91. The van der Waals surface area contributed by atoms with Gasteiger partial charge in [-0.05, 0) is 30.7 Å². The number of sulfone groups is 1. The number of carbonyl (C=O) groups is 1. The fourth-order valence-corrected chi connectivity index (χ4v) is 2.60. The Bertz CT molecular complexity index is 475. The van der Waals surface area contributed by atoms with E-state index in [1.165, 1.54) is 24.3 Å². The Morgan fingerprint density at radius 1 is 1.29 bits per heavy atom. The number of ether oxygens (including phenoxy) is 1. The molecular weight excluding hydrogens is 244 g/mol. The normalized spacial score (nSPS) is 11.1. The van der Waals surface area contributed by atoms with Crippen LogP contribution in [0, 0.1) is 0 Å². The molecule has 0 aliphatic heterocycles. The first-order valence-electron chi connectivity index (χ1n) is 5.13. The van der Waals surface area contributed by atoms with Crippen LogP contribution >= 0.6 is 0 Å². The summed E-state index contributed by atoms with van der Waals surface area (Å²) in [7, 11) is -3.23. The van der Waals surface area contributed by atoms with Crippen molar-refractivity contribution in [1.82, 2.24) is 0 Å².